The molecule has 0 aliphatic rings. The number of aromatic carboxylic acids is 1. The molecule has 1 N–H and O–H groups in total. The zero-order chi connectivity index (χ0) is 17.0. The lowest BCUT2D eigenvalue weighted by Gasteiger charge is -2.12. The third kappa shape index (κ3) is 4.56. The van der Waals surface area contributed by atoms with E-state index in [4.69, 9.17) is 14.6 Å². The number of rotatable bonds is 5. The molecule has 0 bridgehead atoms. The lowest BCUT2D eigenvalue weighted by molar-refractivity contribution is -0.136. The maximum absolute atomic E-state index is 11.8. The van der Waals surface area contributed by atoms with Crippen molar-refractivity contribution < 1.29 is 24.2 Å². The molecule has 5 nitrogen and oxygen atoms in total. The minimum atomic E-state index is -1.03. The van der Waals surface area contributed by atoms with Crippen molar-refractivity contribution in [2.24, 2.45) is 0 Å². The van der Waals surface area contributed by atoms with Crippen LogP contribution < -0.4 is 9.47 Å². The summed E-state index contributed by atoms with van der Waals surface area (Å²) in [5, 5.41) is 8.81. The van der Waals surface area contributed by atoms with Crippen LogP contribution in [0.4, 0.5) is 0 Å². The quantitative estimate of drug-likeness (QED) is 0.633. The predicted octanol–water partition coefficient (Wildman–Crippen LogP) is 3.75. The number of aryl methyl sites for hydroxylation is 2. The van der Waals surface area contributed by atoms with Crippen LogP contribution in [-0.4, -0.2) is 23.7 Å². The van der Waals surface area contributed by atoms with Crippen molar-refractivity contribution in [3.8, 4) is 11.5 Å². The standard InChI is InChI=1S/C17H15BrO5/c1-10-7-13(18)8-11(2)16(10)22-9-15(19)23-14-5-3-12(4-6-14)17(20)21/h3-8H,9H2,1-2H3,(H,20,21). The van der Waals surface area contributed by atoms with Gasteiger partial charge in [0.2, 0.25) is 0 Å². The highest BCUT2D eigenvalue weighted by atomic mass is 79.9. The van der Waals surface area contributed by atoms with Crippen LogP contribution in [0.15, 0.2) is 40.9 Å². The SMILES string of the molecule is Cc1cc(Br)cc(C)c1OCC(=O)Oc1ccc(C(=O)O)cc1. The van der Waals surface area contributed by atoms with Crippen LogP contribution >= 0.6 is 15.9 Å². The second-order valence-electron chi connectivity index (χ2n) is 4.96. The largest absolute Gasteiger partial charge is 0.481 e. The molecule has 0 aliphatic heterocycles. The summed E-state index contributed by atoms with van der Waals surface area (Å²) in [6, 6.07) is 9.40. The number of carboxylic acids is 1. The number of hydrogen-bond acceptors (Lipinski definition) is 4. The van der Waals surface area contributed by atoms with Crippen LogP contribution in [0.2, 0.25) is 0 Å². The fourth-order valence-corrected chi connectivity index (χ4v) is 2.77. The maximum atomic E-state index is 11.8. The molecule has 6 heteroatoms. The Hall–Kier alpha value is -2.34. The molecule has 2 aromatic rings. The number of benzene rings is 2. The average molecular weight is 379 g/mol. The summed E-state index contributed by atoms with van der Waals surface area (Å²) in [4.78, 5) is 22.6. The zero-order valence-corrected chi connectivity index (χ0v) is 14.2. The van der Waals surface area contributed by atoms with E-state index < -0.39 is 11.9 Å². The molecule has 2 rings (SSSR count). The van der Waals surface area contributed by atoms with Crippen molar-refractivity contribution in [1.29, 1.82) is 0 Å². The molecule has 0 saturated carbocycles. The molecule has 0 spiro atoms. The fourth-order valence-electron chi connectivity index (χ4n) is 2.08. The molecule has 0 aliphatic carbocycles. The van der Waals surface area contributed by atoms with Crippen molar-refractivity contribution in [3.05, 3.63) is 57.6 Å². The van der Waals surface area contributed by atoms with Gasteiger partial charge in [-0.25, -0.2) is 9.59 Å². The van der Waals surface area contributed by atoms with Gasteiger partial charge in [-0.1, -0.05) is 15.9 Å². The minimum absolute atomic E-state index is 0.127. The van der Waals surface area contributed by atoms with Crippen molar-refractivity contribution in [3.63, 3.8) is 0 Å². The molecule has 0 saturated heterocycles. The molecule has 0 fully saturated rings. The summed E-state index contributed by atoms with van der Waals surface area (Å²) in [5.74, 6) is -0.679. The van der Waals surface area contributed by atoms with Crippen LogP contribution in [0.1, 0.15) is 21.5 Å². The van der Waals surface area contributed by atoms with Gasteiger partial charge < -0.3 is 14.6 Å². The van der Waals surface area contributed by atoms with E-state index in [1.165, 1.54) is 24.3 Å². The Morgan fingerprint density at radius 3 is 2.17 bits per heavy atom. The Morgan fingerprint density at radius 2 is 1.65 bits per heavy atom. The van der Waals surface area contributed by atoms with Crippen LogP contribution in [0.25, 0.3) is 0 Å². The Morgan fingerprint density at radius 1 is 1.09 bits per heavy atom. The zero-order valence-electron chi connectivity index (χ0n) is 12.6. The topological polar surface area (TPSA) is 72.8 Å². The van der Waals surface area contributed by atoms with Crippen molar-refractivity contribution in [2.75, 3.05) is 6.61 Å². The van der Waals surface area contributed by atoms with Gasteiger partial charge in [-0.05, 0) is 61.4 Å². The number of carbonyl (C=O) groups excluding carboxylic acids is 1. The first-order chi connectivity index (χ1) is 10.9. The van der Waals surface area contributed by atoms with Crippen LogP contribution in [-0.2, 0) is 4.79 Å². The summed E-state index contributed by atoms with van der Waals surface area (Å²) >= 11 is 3.40. The van der Waals surface area contributed by atoms with Gasteiger partial charge in [0, 0.05) is 4.47 Å². The van der Waals surface area contributed by atoms with Gasteiger partial charge in [-0.3, -0.25) is 0 Å². The van der Waals surface area contributed by atoms with E-state index >= 15 is 0 Å². The number of ether oxygens (including phenoxy) is 2. The molecule has 0 heterocycles. The lowest BCUT2D eigenvalue weighted by atomic mass is 10.1. The molecule has 0 radical (unpaired) electrons. The molecular formula is C17H15BrO5. The molecule has 2 aromatic carbocycles. The van der Waals surface area contributed by atoms with E-state index in [9.17, 15) is 9.59 Å². The van der Waals surface area contributed by atoms with E-state index in [-0.39, 0.29) is 17.9 Å². The monoisotopic (exact) mass is 378 g/mol. The van der Waals surface area contributed by atoms with Crippen LogP contribution in [0.5, 0.6) is 11.5 Å². The third-order valence-corrected chi connectivity index (χ3v) is 3.55. The number of halogens is 1. The van der Waals surface area contributed by atoms with Crippen molar-refractivity contribution in [2.45, 2.75) is 13.8 Å². The number of carboxylic acid groups (broad SMARTS) is 1. The summed E-state index contributed by atoms with van der Waals surface area (Å²) in [5.41, 5.74) is 1.95. The first-order valence-corrected chi connectivity index (χ1v) is 7.59. The van der Waals surface area contributed by atoms with E-state index in [2.05, 4.69) is 15.9 Å². The predicted molar refractivity (Wildman–Crippen MR) is 88.1 cm³/mol. The van der Waals surface area contributed by atoms with E-state index in [1.54, 1.807) is 0 Å². The molecular weight excluding hydrogens is 364 g/mol. The van der Waals surface area contributed by atoms with Gasteiger partial charge in [0.05, 0.1) is 5.56 Å². The van der Waals surface area contributed by atoms with E-state index in [1.807, 2.05) is 26.0 Å². The Labute approximate surface area is 142 Å². The van der Waals surface area contributed by atoms with Crippen LogP contribution in [0, 0.1) is 13.8 Å². The number of hydrogen-bond donors (Lipinski definition) is 1. The second kappa shape index (κ2) is 7.28. The Bertz CT molecular complexity index is 714. The van der Waals surface area contributed by atoms with Crippen LogP contribution in [0.3, 0.4) is 0 Å². The third-order valence-electron chi connectivity index (χ3n) is 3.09. The summed E-state index contributed by atoms with van der Waals surface area (Å²) < 4.78 is 11.6. The van der Waals surface area contributed by atoms with Crippen molar-refractivity contribution >= 4 is 27.9 Å². The fraction of sp³-hybridized carbons (Fsp3) is 0.176. The van der Waals surface area contributed by atoms with Gasteiger partial charge in [0.25, 0.3) is 0 Å². The first kappa shape index (κ1) is 17.0. The second-order valence-corrected chi connectivity index (χ2v) is 5.88. The number of esters is 1. The lowest BCUT2D eigenvalue weighted by Crippen LogP contribution is -2.18. The maximum Gasteiger partial charge on any atom is 0.349 e. The molecule has 23 heavy (non-hydrogen) atoms. The highest BCUT2D eigenvalue weighted by Gasteiger charge is 2.11. The first-order valence-electron chi connectivity index (χ1n) is 6.80. The molecule has 0 aromatic heterocycles. The van der Waals surface area contributed by atoms with Crippen molar-refractivity contribution in [1.82, 2.24) is 0 Å². The minimum Gasteiger partial charge on any atom is -0.481 e. The van der Waals surface area contributed by atoms with E-state index in [0.717, 1.165) is 15.6 Å². The Balaban J connectivity index is 1.96. The average Bonchev–Trinajstić information content (AvgIpc) is 2.46. The summed E-state index contributed by atoms with van der Waals surface area (Å²) in [6.07, 6.45) is 0. The van der Waals surface area contributed by atoms with E-state index in [0.29, 0.717) is 5.75 Å². The highest BCUT2D eigenvalue weighted by Crippen LogP contribution is 2.27. The van der Waals surface area contributed by atoms with Gasteiger partial charge in [0.1, 0.15) is 11.5 Å². The summed E-state index contributed by atoms with van der Waals surface area (Å²) in [6.45, 7) is 3.55. The summed E-state index contributed by atoms with van der Waals surface area (Å²) in [7, 11) is 0. The molecule has 0 atom stereocenters. The molecule has 0 amide bonds. The smallest absolute Gasteiger partial charge is 0.349 e. The van der Waals surface area contributed by atoms with Gasteiger partial charge in [-0.15, -0.1) is 0 Å². The molecule has 0 unspecified atom stereocenters. The van der Waals surface area contributed by atoms with Gasteiger partial charge in [0.15, 0.2) is 6.61 Å². The molecule has 120 valence electrons. The highest BCUT2D eigenvalue weighted by molar-refractivity contribution is 9.10. The number of carbonyl (C=O) groups is 2. The normalized spacial score (nSPS) is 10.2. The Kier molecular flexibility index (Phi) is 5.39. The van der Waals surface area contributed by atoms with Gasteiger partial charge >= 0.3 is 11.9 Å². The van der Waals surface area contributed by atoms with Gasteiger partial charge in [-0.2, -0.15) is 0 Å².